The number of para-hydroxylation sites is 1. The minimum Gasteiger partial charge on any atom is -0.489 e. The van der Waals surface area contributed by atoms with Gasteiger partial charge in [-0.15, -0.1) is 35.3 Å². The zero-order valence-electron chi connectivity index (χ0n) is 17.7. The Balaban J connectivity index is 0.00000320. The molecule has 3 rings (SSSR count). The van der Waals surface area contributed by atoms with Crippen molar-refractivity contribution in [2.75, 3.05) is 33.3 Å². The van der Waals surface area contributed by atoms with Gasteiger partial charge >= 0.3 is 0 Å². The third kappa shape index (κ3) is 7.92. The molecule has 2 aromatic rings. The standard InChI is InChI=1S/C23H32N4OS.HI/c1-3-13-28-22-11-5-4-9-20(22)16-26-23(24-2)25-15-19-8-6-12-27(17-19)18-21-10-7-14-29-21;/h3-5,7,9-11,14,19H,1,6,8,12-13,15-18H2,2H3,(H2,24,25,26);1H. The van der Waals surface area contributed by atoms with Gasteiger partial charge in [-0.3, -0.25) is 9.89 Å². The van der Waals surface area contributed by atoms with Gasteiger partial charge < -0.3 is 15.4 Å². The van der Waals surface area contributed by atoms with E-state index in [0.29, 0.717) is 19.1 Å². The summed E-state index contributed by atoms with van der Waals surface area (Å²) in [5.74, 6) is 2.36. The maximum absolute atomic E-state index is 5.74. The molecule has 1 aromatic carbocycles. The molecule has 1 fully saturated rings. The molecule has 0 bridgehead atoms. The van der Waals surface area contributed by atoms with E-state index < -0.39 is 0 Å². The predicted molar refractivity (Wildman–Crippen MR) is 138 cm³/mol. The normalized spacial score (nSPS) is 17.1. The summed E-state index contributed by atoms with van der Waals surface area (Å²) in [4.78, 5) is 8.41. The number of nitrogens with zero attached hydrogens (tertiary/aromatic N) is 2. The smallest absolute Gasteiger partial charge is 0.191 e. The van der Waals surface area contributed by atoms with E-state index in [-0.39, 0.29) is 24.0 Å². The summed E-state index contributed by atoms with van der Waals surface area (Å²) >= 11 is 1.85. The lowest BCUT2D eigenvalue weighted by atomic mass is 9.98. The number of guanidine groups is 1. The number of rotatable bonds is 9. The van der Waals surface area contributed by atoms with Gasteiger partial charge in [0.2, 0.25) is 0 Å². The number of benzene rings is 1. The summed E-state index contributed by atoms with van der Waals surface area (Å²) < 4.78 is 5.74. The van der Waals surface area contributed by atoms with Crippen LogP contribution in [0.5, 0.6) is 5.75 Å². The summed E-state index contributed by atoms with van der Waals surface area (Å²) in [5.41, 5.74) is 1.11. The van der Waals surface area contributed by atoms with E-state index >= 15 is 0 Å². The summed E-state index contributed by atoms with van der Waals surface area (Å²) in [7, 11) is 1.82. The van der Waals surface area contributed by atoms with Crippen molar-refractivity contribution >= 4 is 41.3 Å². The van der Waals surface area contributed by atoms with Gasteiger partial charge in [0, 0.05) is 43.7 Å². The number of ether oxygens (including phenoxy) is 1. The van der Waals surface area contributed by atoms with Crippen molar-refractivity contribution in [3.05, 3.63) is 64.9 Å². The van der Waals surface area contributed by atoms with Crippen molar-refractivity contribution in [2.24, 2.45) is 10.9 Å². The first kappa shape index (κ1) is 24.7. The zero-order chi connectivity index (χ0) is 20.3. The lowest BCUT2D eigenvalue weighted by Crippen LogP contribution is -2.44. The van der Waals surface area contributed by atoms with E-state index in [1.165, 1.54) is 24.3 Å². The molecule has 2 heterocycles. The average Bonchev–Trinajstić information content (AvgIpc) is 3.26. The van der Waals surface area contributed by atoms with Crippen LogP contribution in [0.25, 0.3) is 0 Å². The number of piperidine rings is 1. The van der Waals surface area contributed by atoms with Crippen LogP contribution < -0.4 is 15.4 Å². The molecule has 1 aromatic heterocycles. The van der Waals surface area contributed by atoms with Gasteiger partial charge in [0.05, 0.1) is 0 Å². The predicted octanol–water partition coefficient (Wildman–Crippen LogP) is 4.51. The van der Waals surface area contributed by atoms with Crippen LogP contribution >= 0.6 is 35.3 Å². The van der Waals surface area contributed by atoms with E-state index in [9.17, 15) is 0 Å². The Morgan fingerprint density at radius 3 is 2.93 bits per heavy atom. The van der Waals surface area contributed by atoms with Crippen molar-refractivity contribution in [1.82, 2.24) is 15.5 Å². The van der Waals surface area contributed by atoms with E-state index in [0.717, 1.165) is 36.9 Å². The Hall–Kier alpha value is -1.58. The molecule has 0 spiro atoms. The molecule has 1 saturated heterocycles. The summed E-state index contributed by atoms with van der Waals surface area (Å²) in [6.07, 6.45) is 4.29. The molecule has 0 radical (unpaired) electrons. The highest BCUT2D eigenvalue weighted by Gasteiger charge is 2.20. The van der Waals surface area contributed by atoms with Crippen LogP contribution in [0.1, 0.15) is 23.3 Å². The molecule has 0 saturated carbocycles. The molecule has 7 heteroatoms. The maximum Gasteiger partial charge on any atom is 0.191 e. The van der Waals surface area contributed by atoms with Crippen LogP contribution in [0.3, 0.4) is 0 Å². The number of aliphatic imine (C=N–C) groups is 1. The minimum absolute atomic E-state index is 0. The van der Waals surface area contributed by atoms with Crippen molar-refractivity contribution in [1.29, 1.82) is 0 Å². The largest absolute Gasteiger partial charge is 0.489 e. The Morgan fingerprint density at radius 2 is 2.17 bits per heavy atom. The van der Waals surface area contributed by atoms with Gasteiger partial charge in [0.15, 0.2) is 5.96 Å². The molecule has 0 amide bonds. The third-order valence-electron chi connectivity index (χ3n) is 5.12. The Bertz CT molecular complexity index is 781. The van der Waals surface area contributed by atoms with E-state index in [4.69, 9.17) is 4.74 Å². The number of nitrogens with one attached hydrogen (secondary N) is 2. The SMILES string of the molecule is C=CCOc1ccccc1CNC(=NC)NCC1CCCN(Cc2cccs2)C1.I. The first-order valence-corrected chi connectivity index (χ1v) is 11.2. The van der Waals surface area contributed by atoms with Gasteiger partial charge in [-0.05, 0) is 42.8 Å². The second-order valence-corrected chi connectivity index (χ2v) is 8.37. The Labute approximate surface area is 201 Å². The highest BCUT2D eigenvalue weighted by Crippen LogP contribution is 2.20. The fraction of sp³-hybridized carbons (Fsp3) is 0.435. The number of likely N-dealkylation sites (tertiary alicyclic amines) is 1. The minimum atomic E-state index is 0. The van der Waals surface area contributed by atoms with Crippen LogP contribution in [0.4, 0.5) is 0 Å². The van der Waals surface area contributed by atoms with Crippen LogP contribution in [-0.4, -0.2) is 44.1 Å². The molecule has 2 N–H and O–H groups in total. The van der Waals surface area contributed by atoms with Crippen LogP contribution in [0.15, 0.2) is 59.4 Å². The Morgan fingerprint density at radius 1 is 1.30 bits per heavy atom. The lowest BCUT2D eigenvalue weighted by Gasteiger charge is -2.32. The van der Waals surface area contributed by atoms with Gasteiger partial charge in [-0.2, -0.15) is 0 Å². The quantitative estimate of drug-likeness (QED) is 0.213. The third-order valence-corrected chi connectivity index (χ3v) is 5.98. The van der Waals surface area contributed by atoms with E-state index in [1.54, 1.807) is 6.08 Å². The topological polar surface area (TPSA) is 48.9 Å². The van der Waals surface area contributed by atoms with Crippen molar-refractivity contribution in [2.45, 2.75) is 25.9 Å². The summed E-state index contributed by atoms with van der Waals surface area (Å²) in [6.45, 7) is 9.24. The number of thiophene rings is 1. The second kappa shape index (κ2) is 13.7. The second-order valence-electron chi connectivity index (χ2n) is 7.34. The lowest BCUT2D eigenvalue weighted by molar-refractivity contribution is 0.169. The molecule has 5 nitrogen and oxygen atoms in total. The van der Waals surface area contributed by atoms with Gasteiger partial charge in [0.25, 0.3) is 0 Å². The number of hydrogen-bond acceptors (Lipinski definition) is 4. The molecule has 1 atom stereocenters. The Kier molecular flexibility index (Phi) is 11.2. The number of halogens is 1. The van der Waals surface area contributed by atoms with E-state index in [1.807, 2.05) is 36.6 Å². The molecule has 1 aliphatic rings. The summed E-state index contributed by atoms with van der Waals surface area (Å²) in [5, 5.41) is 9.08. The molecular formula is C23H33IN4OS. The average molecular weight is 541 g/mol. The maximum atomic E-state index is 5.74. The molecule has 164 valence electrons. The fourth-order valence-electron chi connectivity index (χ4n) is 3.66. The zero-order valence-corrected chi connectivity index (χ0v) is 20.8. The van der Waals surface area contributed by atoms with Crippen molar-refractivity contribution < 1.29 is 4.74 Å². The molecular weight excluding hydrogens is 507 g/mol. The van der Waals surface area contributed by atoms with Gasteiger partial charge in [-0.1, -0.05) is 36.9 Å². The van der Waals surface area contributed by atoms with Crippen LogP contribution in [0, 0.1) is 5.92 Å². The van der Waals surface area contributed by atoms with Crippen molar-refractivity contribution in [3.8, 4) is 5.75 Å². The number of hydrogen-bond donors (Lipinski definition) is 2. The first-order valence-electron chi connectivity index (χ1n) is 10.3. The molecule has 1 aliphatic heterocycles. The van der Waals surface area contributed by atoms with Crippen LogP contribution in [-0.2, 0) is 13.1 Å². The highest BCUT2D eigenvalue weighted by atomic mass is 127. The van der Waals surface area contributed by atoms with Gasteiger partial charge in [0.1, 0.15) is 12.4 Å². The summed E-state index contributed by atoms with van der Waals surface area (Å²) in [6, 6.07) is 12.4. The molecule has 30 heavy (non-hydrogen) atoms. The van der Waals surface area contributed by atoms with Gasteiger partial charge in [-0.25, -0.2) is 0 Å². The first-order chi connectivity index (χ1) is 14.3. The molecule has 0 aliphatic carbocycles. The van der Waals surface area contributed by atoms with E-state index in [2.05, 4.69) is 50.7 Å². The van der Waals surface area contributed by atoms with Crippen molar-refractivity contribution in [3.63, 3.8) is 0 Å². The van der Waals surface area contributed by atoms with Crippen LogP contribution in [0.2, 0.25) is 0 Å². The highest BCUT2D eigenvalue weighted by molar-refractivity contribution is 14.0. The fourth-order valence-corrected chi connectivity index (χ4v) is 4.41. The monoisotopic (exact) mass is 540 g/mol. The molecule has 1 unspecified atom stereocenters.